The Balaban J connectivity index is 1.78. The Hall–Kier alpha value is -2.43. The highest BCUT2D eigenvalue weighted by atomic mass is 19.1. The molecule has 1 aromatic carbocycles. The maximum atomic E-state index is 14.9. The first-order valence-corrected chi connectivity index (χ1v) is 6.66. The van der Waals surface area contributed by atoms with Gasteiger partial charge in [-0.25, -0.2) is 8.78 Å². The van der Waals surface area contributed by atoms with E-state index >= 15 is 0 Å². The molecule has 0 bridgehead atoms. The molecule has 1 aromatic heterocycles. The Kier molecular flexibility index (Phi) is 3.33. The fourth-order valence-electron chi connectivity index (χ4n) is 2.25. The molecule has 1 N–H and O–H groups in total. The van der Waals surface area contributed by atoms with Crippen LogP contribution in [-0.4, -0.2) is 9.78 Å². The molecule has 5 heteroatoms. The molecule has 0 radical (unpaired) electrons. The van der Waals surface area contributed by atoms with Crippen LogP contribution in [-0.2, 0) is 12.3 Å². The fraction of sp³-hybridized carbons (Fsp3) is 0.188. The highest BCUT2D eigenvalue weighted by Crippen LogP contribution is 2.29. The van der Waals surface area contributed by atoms with Gasteiger partial charge in [0.15, 0.2) is 0 Å². The van der Waals surface area contributed by atoms with Crippen LogP contribution in [0, 0.1) is 12.7 Å². The summed E-state index contributed by atoms with van der Waals surface area (Å²) in [5, 5.41) is 6.85. The predicted octanol–water partition coefficient (Wildman–Crippen LogP) is 3.20. The summed E-state index contributed by atoms with van der Waals surface area (Å²) in [5.74, 6) is -2.15. The lowest BCUT2D eigenvalue weighted by molar-refractivity contribution is 0.198. The maximum Gasteiger partial charge on any atom is 0.225 e. The molecule has 21 heavy (non-hydrogen) atoms. The second kappa shape index (κ2) is 5.16. The Morgan fingerprint density at radius 2 is 2.24 bits per heavy atom. The highest BCUT2D eigenvalue weighted by Gasteiger charge is 2.30. The summed E-state index contributed by atoms with van der Waals surface area (Å²) in [6.45, 7) is 2.18. The van der Waals surface area contributed by atoms with Crippen molar-refractivity contribution in [1.82, 2.24) is 15.1 Å². The topological polar surface area (TPSA) is 29.9 Å². The summed E-state index contributed by atoms with van der Waals surface area (Å²) in [6, 6.07) is 6.08. The number of nitrogens with zero attached hydrogens (tertiary/aromatic N) is 2. The molecule has 108 valence electrons. The van der Waals surface area contributed by atoms with E-state index < -0.39 is 5.79 Å². The van der Waals surface area contributed by atoms with E-state index in [9.17, 15) is 8.78 Å². The van der Waals surface area contributed by atoms with Crippen molar-refractivity contribution in [2.75, 3.05) is 0 Å². The van der Waals surface area contributed by atoms with Gasteiger partial charge in [-0.05, 0) is 42.3 Å². The van der Waals surface area contributed by atoms with Crippen LogP contribution < -0.4 is 5.32 Å². The molecule has 0 aliphatic carbocycles. The lowest BCUT2D eigenvalue weighted by atomic mass is 9.98. The molecule has 1 atom stereocenters. The second-order valence-electron chi connectivity index (χ2n) is 5.08. The van der Waals surface area contributed by atoms with Crippen molar-refractivity contribution in [3.63, 3.8) is 0 Å². The largest absolute Gasteiger partial charge is 0.352 e. The first-order chi connectivity index (χ1) is 10.1. The average Bonchev–Trinajstić information content (AvgIpc) is 2.97. The quantitative estimate of drug-likeness (QED) is 0.879. The Morgan fingerprint density at radius 1 is 1.38 bits per heavy atom. The first-order valence-electron chi connectivity index (χ1n) is 6.66. The molecule has 3 nitrogen and oxygen atoms in total. The molecular formula is C16H15F2N3. The van der Waals surface area contributed by atoms with Crippen LogP contribution in [0.3, 0.4) is 0 Å². The molecular weight excluding hydrogens is 272 g/mol. The molecule has 2 heterocycles. The maximum absolute atomic E-state index is 14.9. The number of hydrogen-bond donors (Lipinski definition) is 1. The summed E-state index contributed by atoms with van der Waals surface area (Å²) in [4.78, 5) is 0. The van der Waals surface area contributed by atoms with Gasteiger partial charge >= 0.3 is 0 Å². The standard InChI is InChI=1S/C16H15F2N3/c1-12-9-14(3-4-15(12)17)16(18)6-5-13(10-19-16)11-21-8-2-7-20-21/h2-10,19H,11H2,1H3. The lowest BCUT2D eigenvalue weighted by Gasteiger charge is -2.27. The summed E-state index contributed by atoms with van der Waals surface area (Å²) in [6.07, 6.45) is 8.33. The van der Waals surface area contributed by atoms with Crippen molar-refractivity contribution < 1.29 is 8.78 Å². The highest BCUT2D eigenvalue weighted by molar-refractivity contribution is 5.36. The summed E-state index contributed by atoms with van der Waals surface area (Å²) < 4.78 is 29.9. The summed E-state index contributed by atoms with van der Waals surface area (Å²) in [7, 11) is 0. The minimum Gasteiger partial charge on any atom is -0.352 e. The number of hydrogen-bond acceptors (Lipinski definition) is 2. The van der Waals surface area contributed by atoms with Crippen LogP contribution in [0.4, 0.5) is 8.78 Å². The number of halogens is 2. The van der Waals surface area contributed by atoms with Crippen LogP contribution >= 0.6 is 0 Å². The van der Waals surface area contributed by atoms with Gasteiger partial charge in [-0.15, -0.1) is 0 Å². The summed E-state index contributed by atoms with van der Waals surface area (Å²) in [5.41, 5.74) is 1.71. The number of nitrogens with one attached hydrogen (secondary N) is 1. The number of aromatic nitrogens is 2. The molecule has 1 aliphatic heterocycles. The minimum absolute atomic E-state index is 0.336. The third-order valence-corrected chi connectivity index (χ3v) is 3.48. The smallest absolute Gasteiger partial charge is 0.225 e. The number of dihydropyridines is 1. The van der Waals surface area contributed by atoms with E-state index in [0.717, 1.165) is 5.57 Å². The van der Waals surface area contributed by atoms with Gasteiger partial charge in [0, 0.05) is 24.2 Å². The average molecular weight is 287 g/mol. The molecule has 0 fully saturated rings. The zero-order valence-electron chi connectivity index (χ0n) is 11.6. The minimum atomic E-state index is -1.81. The van der Waals surface area contributed by atoms with Gasteiger partial charge in [-0.2, -0.15) is 5.10 Å². The van der Waals surface area contributed by atoms with Gasteiger partial charge in [-0.1, -0.05) is 12.1 Å². The zero-order chi connectivity index (χ0) is 14.9. The molecule has 0 saturated carbocycles. The zero-order valence-corrected chi connectivity index (χ0v) is 11.6. The van der Waals surface area contributed by atoms with Crippen LogP contribution in [0.25, 0.3) is 0 Å². The summed E-state index contributed by atoms with van der Waals surface area (Å²) >= 11 is 0. The second-order valence-corrected chi connectivity index (χ2v) is 5.08. The molecule has 1 unspecified atom stereocenters. The van der Waals surface area contributed by atoms with Crippen LogP contribution in [0.2, 0.25) is 0 Å². The van der Waals surface area contributed by atoms with Crippen LogP contribution in [0.15, 0.2) is 60.6 Å². The van der Waals surface area contributed by atoms with E-state index in [1.807, 2.05) is 12.3 Å². The van der Waals surface area contributed by atoms with Gasteiger partial charge in [0.2, 0.25) is 5.79 Å². The molecule has 0 amide bonds. The normalized spacial score (nSPS) is 21.0. The van der Waals surface area contributed by atoms with E-state index in [2.05, 4.69) is 10.4 Å². The van der Waals surface area contributed by atoms with Crippen molar-refractivity contribution >= 4 is 0 Å². The third kappa shape index (κ3) is 2.72. The predicted molar refractivity (Wildman–Crippen MR) is 76.5 cm³/mol. The van der Waals surface area contributed by atoms with Crippen molar-refractivity contribution in [3.05, 3.63) is 77.5 Å². The van der Waals surface area contributed by atoms with Gasteiger partial charge < -0.3 is 5.32 Å². The SMILES string of the molecule is Cc1cc(C2(F)C=CC(Cn3cccn3)=CN2)ccc1F. The molecule has 0 saturated heterocycles. The number of alkyl halides is 1. The first kappa shape index (κ1) is 13.5. The third-order valence-electron chi connectivity index (χ3n) is 3.48. The van der Waals surface area contributed by atoms with Crippen molar-refractivity contribution in [2.24, 2.45) is 0 Å². The van der Waals surface area contributed by atoms with Gasteiger partial charge in [0.05, 0.1) is 6.54 Å². The van der Waals surface area contributed by atoms with E-state index in [1.165, 1.54) is 24.3 Å². The van der Waals surface area contributed by atoms with E-state index in [1.54, 1.807) is 30.1 Å². The van der Waals surface area contributed by atoms with Crippen molar-refractivity contribution in [3.8, 4) is 0 Å². The van der Waals surface area contributed by atoms with Gasteiger partial charge in [-0.3, -0.25) is 4.68 Å². The number of benzene rings is 1. The van der Waals surface area contributed by atoms with E-state index in [0.29, 0.717) is 17.7 Å². The lowest BCUT2D eigenvalue weighted by Crippen LogP contribution is -2.35. The fourth-order valence-corrected chi connectivity index (χ4v) is 2.25. The Labute approximate surface area is 121 Å². The Bertz CT molecular complexity index is 704. The van der Waals surface area contributed by atoms with Crippen molar-refractivity contribution in [1.29, 1.82) is 0 Å². The van der Waals surface area contributed by atoms with E-state index in [-0.39, 0.29) is 5.82 Å². The van der Waals surface area contributed by atoms with E-state index in [4.69, 9.17) is 0 Å². The Morgan fingerprint density at radius 3 is 2.86 bits per heavy atom. The molecule has 2 aromatic rings. The van der Waals surface area contributed by atoms with Crippen molar-refractivity contribution in [2.45, 2.75) is 19.3 Å². The van der Waals surface area contributed by atoms with Crippen LogP contribution in [0.1, 0.15) is 11.1 Å². The molecule has 3 rings (SSSR count). The van der Waals surface area contributed by atoms with Crippen LogP contribution in [0.5, 0.6) is 0 Å². The number of rotatable bonds is 3. The number of allylic oxidation sites excluding steroid dienone is 2. The molecule has 1 aliphatic rings. The number of aryl methyl sites for hydroxylation is 1. The van der Waals surface area contributed by atoms with Gasteiger partial charge in [0.25, 0.3) is 0 Å². The molecule has 0 spiro atoms. The van der Waals surface area contributed by atoms with Gasteiger partial charge in [0.1, 0.15) is 5.82 Å². The monoisotopic (exact) mass is 287 g/mol.